The number of aliphatic hydroxyl groups is 1. The van der Waals surface area contributed by atoms with E-state index in [0.717, 1.165) is 32.1 Å². The monoisotopic (exact) mass is 245 g/mol. The van der Waals surface area contributed by atoms with Crippen LogP contribution < -0.4 is 5.32 Å². The quantitative estimate of drug-likeness (QED) is 0.795. The van der Waals surface area contributed by atoms with Crippen molar-refractivity contribution in [1.29, 1.82) is 0 Å². The van der Waals surface area contributed by atoms with E-state index < -0.39 is 5.60 Å². The molecule has 18 heavy (non-hydrogen) atoms. The molecule has 0 aromatic heterocycles. The highest BCUT2D eigenvalue weighted by molar-refractivity contribution is 5.54. The number of hydrogen-bond donors (Lipinski definition) is 2. The summed E-state index contributed by atoms with van der Waals surface area (Å²) in [6, 6.07) is 8.67. The molecule has 0 amide bonds. The second-order valence-electron chi connectivity index (χ2n) is 6.55. The minimum absolute atomic E-state index is 0.0248. The van der Waals surface area contributed by atoms with Crippen molar-refractivity contribution >= 4 is 5.69 Å². The molecule has 0 saturated heterocycles. The summed E-state index contributed by atoms with van der Waals surface area (Å²) < 4.78 is 0. The Bertz CT molecular complexity index is 454. The number of benzene rings is 1. The fourth-order valence-corrected chi connectivity index (χ4v) is 3.80. The zero-order chi connectivity index (χ0) is 12.8. The van der Waals surface area contributed by atoms with Crippen LogP contribution in [0.1, 0.15) is 45.1 Å². The Morgan fingerprint density at radius 3 is 2.72 bits per heavy atom. The molecule has 2 unspecified atom stereocenters. The number of fused-ring (bicyclic) bond motifs is 1. The van der Waals surface area contributed by atoms with Crippen LogP contribution in [0.25, 0.3) is 0 Å². The van der Waals surface area contributed by atoms with Gasteiger partial charge >= 0.3 is 0 Å². The summed E-state index contributed by atoms with van der Waals surface area (Å²) in [5.74, 6) is 0. The van der Waals surface area contributed by atoms with Crippen molar-refractivity contribution in [3.63, 3.8) is 0 Å². The summed E-state index contributed by atoms with van der Waals surface area (Å²) in [5.41, 5.74) is 2.07. The number of para-hydroxylation sites is 1. The molecule has 1 aliphatic carbocycles. The van der Waals surface area contributed by atoms with Crippen LogP contribution >= 0.6 is 0 Å². The van der Waals surface area contributed by atoms with Crippen LogP contribution in [0.15, 0.2) is 24.3 Å². The predicted molar refractivity (Wildman–Crippen MR) is 74.8 cm³/mol. The van der Waals surface area contributed by atoms with E-state index in [2.05, 4.69) is 43.4 Å². The molecule has 1 aliphatic heterocycles. The van der Waals surface area contributed by atoms with Gasteiger partial charge in [-0.1, -0.05) is 32.0 Å². The average Bonchev–Trinajstić information content (AvgIpc) is 2.64. The molecule has 1 fully saturated rings. The van der Waals surface area contributed by atoms with E-state index in [4.69, 9.17) is 0 Å². The van der Waals surface area contributed by atoms with E-state index in [1.165, 1.54) is 11.3 Å². The van der Waals surface area contributed by atoms with Crippen molar-refractivity contribution in [3.05, 3.63) is 29.8 Å². The molecule has 1 aromatic carbocycles. The van der Waals surface area contributed by atoms with Gasteiger partial charge < -0.3 is 10.4 Å². The smallest absolute Gasteiger partial charge is 0.0898 e. The van der Waals surface area contributed by atoms with Gasteiger partial charge in [0.1, 0.15) is 0 Å². The predicted octanol–water partition coefficient (Wildman–Crippen LogP) is 3.35. The Labute approximate surface area is 109 Å². The lowest BCUT2D eigenvalue weighted by Crippen LogP contribution is -2.54. The Hall–Kier alpha value is -1.02. The summed E-state index contributed by atoms with van der Waals surface area (Å²) in [7, 11) is 0. The molecule has 0 radical (unpaired) electrons. The lowest BCUT2D eigenvalue weighted by atomic mass is 9.71. The molecular weight excluding hydrogens is 222 g/mol. The van der Waals surface area contributed by atoms with Crippen molar-refractivity contribution in [2.75, 3.05) is 5.32 Å². The lowest BCUT2D eigenvalue weighted by Gasteiger charge is -2.45. The number of anilines is 1. The van der Waals surface area contributed by atoms with E-state index in [1.807, 2.05) is 0 Å². The highest BCUT2D eigenvalue weighted by atomic mass is 16.3. The maximum atomic E-state index is 11.1. The van der Waals surface area contributed by atoms with Crippen LogP contribution in [0.3, 0.4) is 0 Å². The van der Waals surface area contributed by atoms with Crippen LogP contribution in [0, 0.1) is 5.41 Å². The minimum atomic E-state index is -0.555. The first-order valence-electron chi connectivity index (χ1n) is 7.10. The number of aryl methyl sites for hydroxylation is 1. The topological polar surface area (TPSA) is 32.3 Å². The molecule has 2 heteroatoms. The van der Waals surface area contributed by atoms with Crippen molar-refractivity contribution in [1.82, 2.24) is 0 Å². The van der Waals surface area contributed by atoms with Gasteiger partial charge in [-0.05, 0) is 49.1 Å². The highest BCUT2D eigenvalue weighted by Crippen LogP contribution is 2.50. The Kier molecular flexibility index (Phi) is 2.67. The molecule has 1 saturated carbocycles. The molecule has 2 N–H and O–H groups in total. The molecule has 1 heterocycles. The summed E-state index contributed by atoms with van der Waals surface area (Å²) in [6.07, 6.45) is 5.32. The highest BCUT2D eigenvalue weighted by Gasteiger charge is 2.52. The van der Waals surface area contributed by atoms with Crippen molar-refractivity contribution < 1.29 is 5.11 Å². The summed E-state index contributed by atoms with van der Waals surface area (Å²) in [5, 5.41) is 14.7. The molecule has 98 valence electrons. The summed E-state index contributed by atoms with van der Waals surface area (Å²) >= 11 is 0. The zero-order valence-electron chi connectivity index (χ0n) is 11.4. The van der Waals surface area contributed by atoms with Gasteiger partial charge in [-0.15, -0.1) is 0 Å². The van der Waals surface area contributed by atoms with Gasteiger partial charge in [-0.3, -0.25) is 0 Å². The normalized spacial score (nSPS) is 33.8. The second-order valence-corrected chi connectivity index (χ2v) is 6.55. The largest absolute Gasteiger partial charge is 0.387 e. The molecule has 2 aliphatic rings. The zero-order valence-corrected chi connectivity index (χ0v) is 11.4. The molecule has 2 nitrogen and oxygen atoms in total. The first kappa shape index (κ1) is 12.0. The van der Waals surface area contributed by atoms with Crippen LogP contribution in [0.5, 0.6) is 0 Å². The standard InChI is InChI=1S/C16H23NO/c1-15(2)10-5-11-16(15,18)14-9-8-12-6-3-4-7-13(12)17-14/h3-4,6-7,14,17-18H,5,8-11H2,1-2H3. The number of hydrogen-bond acceptors (Lipinski definition) is 2. The van der Waals surface area contributed by atoms with Crippen LogP contribution in [0.4, 0.5) is 5.69 Å². The lowest BCUT2D eigenvalue weighted by molar-refractivity contribution is -0.0603. The van der Waals surface area contributed by atoms with Gasteiger partial charge in [0, 0.05) is 5.69 Å². The van der Waals surface area contributed by atoms with Gasteiger partial charge in [0.15, 0.2) is 0 Å². The first-order valence-corrected chi connectivity index (χ1v) is 7.10. The van der Waals surface area contributed by atoms with Gasteiger partial charge in [-0.2, -0.15) is 0 Å². The maximum Gasteiger partial charge on any atom is 0.0898 e. The Morgan fingerprint density at radius 2 is 2.00 bits per heavy atom. The molecule has 2 atom stereocenters. The second kappa shape index (κ2) is 3.99. The van der Waals surface area contributed by atoms with Gasteiger partial charge in [0.25, 0.3) is 0 Å². The Morgan fingerprint density at radius 1 is 1.22 bits per heavy atom. The fourth-order valence-electron chi connectivity index (χ4n) is 3.80. The minimum Gasteiger partial charge on any atom is -0.387 e. The third-order valence-electron chi connectivity index (χ3n) is 5.16. The van der Waals surface area contributed by atoms with Crippen LogP contribution in [0.2, 0.25) is 0 Å². The van der Waals surface area contributed by atoms with E-state index in [-0.39, 0.29) is 11.5 Å². The third-order valence-corrected chi connectivity index (χ3v) is 5.16. The van der Waals surface area contributed by atoms with E-state index in [0.29, 0.717) is 0 Å². The van der Waals surface area contributed by atoms with E-state index in [9.17, 15) is 5.11 Å². The third kappa shape index (κ3) is 1.66. The average molecular weight is 245 g/mol. The van der Waals surface area contributed by atoms with Gasteiger partial charge in [0.2, 0.25) is 0 Å². The first-order chi connectivity index (χ1) is 8.53. The molecule has 0 spiro atoms. The maximum absolute atomic E-state index is 11.1. The fraction of sp³-hybridized carbons (Fsp3) is 0.625. The van der Waals surface area contributed by atoms with Crippen LogP contribution in [-0.2, 0) is 6.42 Å². The molecule has 3 rings (SSSR count). The van der Waals surface area contributed by atoms with E-state index >= 15 is 0 Å². The van der Waals surface area contributed by atoms with E-state index in [1.54, 1.807) is 0 Å². The van der Waals surface area contributed by atoms with Crippen molar-refractivity contribution in [3.8, 4) is 0 Å². The summed E-state index contributed by atoms with van der Waals surface area (Å²) in [6.45, 7) is 4.42. The molecule has 1 aromatic rings. The van der Waals surface area contributed by atoms with Gasteiger partial charge in [0.05, 0.1) is 11.6 Å². The number of nitrogens with one attached hydrogen (secondary N) is 1. The molecule has 0 bridgehead atoms. The van der Waals surface area contributed by atoms with Crippen molar-refractivity contribution in [2.45, 2.75) is 57.6 Å². The molecular formula is C16H23NO. The van der Waals surface area contributed by atoms with Crippen LogP contribution in [-0.4, -0.2) is 16.7 Å². The summed E-state index contributed by atoms with van der Waals surface area (Å²) in [4.78, 5) is 0. The van der Waals surface area contributed by atoms with Gasteiger partial charge in [-0.25, -0.2) is 0 Å². The SMILES string of the molecule is CC1(C)CCCC1(O)C1CCc2ccccc2N1. The Balaban J connectivity index is 1.88. The van der Waals surface area contributed by atoms with Crippen molar-refractivity contribution in [2.24, 2.45) is 5.41 Å². The number of rotatable bonds is 1.